The van der Waals surface area contributed by atoms with Gasteiger partial charge in [-0.15, -0.1) is 0 Å². The van der Waals surface area contributed by atoms with Gasteiger partial charge in [0.2, 0.25) is 5.91 Å². The molecule has 2 N–H and O–H groups in total. The van der Waals surface area contributed by atoms with Crippen LogP contribution in [0.1, 0.15) is 39.5 Å². The SMILES string of the molecule is CC(C)NCCCC(=O)Nc1ccccc1N1CCCC1. The van der Waals surface area contributed by atoms with Crippen LogP contribution in [0.3, 0.4) is 0 Å². The predicted octanol–water partition coefficient (Wildman–Crippen LogP) is 3.00. The van der Waals surface area contributed by atoms with Gasteiger partial charge >= 0.3 is 0 Å². The number of hydrogen-bond acceptors (Lipinski definition) is 3. The number of rotatable bonds is 7. The highest BCUT2D eigenvalue weighted by molar-refractivity contribution is 5.94. The average molecular weight is 289 g/mol. The van der Waals surface area contributed by atoms with Crippen molar-refractivity contribution in [1.82, 2.24) is 5.32 Å². The van der Waals surface area contributed by atoms with Crippen molar-refractivity contribution in [3.8, 4) is 0 Å². The summed E-state index contributed by atoms with van der Waals surface area (Å²) < 4.78 is 0. The summed E-state index contributed by atoms with van der Waals surface area (Å²) in [4.78, 5) is 14.4. The number of hydrogen-bond donors (Lipinski definition) is 2. The highest BCUT2D eigenvalue weighted by atomic mass is 16.1. The molecule has 4 heteroatoms. The Morgan fingerprint density at radius 1 is 1.24 bits per heavy atom. The highest BCUT2D eigenvalue weighted by Crippen LogP contribution is 2.28. The quantitative estimate of drug-likeness (QED) is 0.758. The van der Waals surface area contributed by atoms with Gasteiger partial charge in [-0.2, -0.15) is 0 Å². The zero-order valence-corrected chi connectivity index (χ0v) is 13.2. The van der Waals surface area contributed by atoms with Gasteiger partial charge in [0.05, 0.1) is 11.4 Å². The molecule has 1 aromatic carbocycles. The summed E-state index contributed by atoms with van der Waals surface area (Å²) in [6.07, 6.45) is 3.91. The second-order valence-corrected chi connectivity index (χ2v) is 5.97. The summed E-state index contributed by atoms with van der Waals surface area (Å²) >= 11 is 0. The first-order valence-corrected chi connectivity index (χ1v) is 8.04. The fourth-order valence-electron chi connectivity index (χ4n) is 2.67. The molecular formula is C17H27N3O. The van der Waals surface area contributed by atoms with Crippen LogP contribution in [0.15, 0.2) is 24.3 Å². The van der Waals surface area contributed by atoms with E-state index in [1.807, 2.05) is 18.2 Å². The maximum absolute atomic E-state index is 12.1. The molecule has 1 amide bonds. The van der Waals surface area contributed by atoms with Crippen molar-refractivity contribution >= 4 is 17.3 Å². The van der Waals surface area contributed by atoms with Gasteiger partial charge in [0, 0.05) is 25.6 Å². The van der Waals surface area contributed by atoms with Gasteiger partial charge in [-0.3, -0.25) is 4.79 Å². The van der Waals surface area contributed by atoms with Crippen LogP contribution in [0, 0.1) is 0 Å². The van der Waals surface area contributed by atoms with Gasteiger partial charge in [-0.1, -0.05) is 26.0 Å². The molecule has 1 fully saturated rings. The van der Waals surface area contributed by atoms with E-state index in [4.69, 9.17) is 0 Å². The molecule has 21 heavy (non-hydrogen) atoms. The zero-order chi connectivity index (χ0) is 15.1. The molecule has 0 atom stereocenters. The Kier molecular flexibility index (Phi) is 6.05. The minimum atomic E-state index is 0.104. The first-order valence-electron chi connectivity index (χ1n) is 8.04. The number of para-hydroxylation sites is 2. The first-order chi connectivity index (χ1) is 10.2. The smallest absolute Gasteiger partial charge is 0.224 e. The first kappa shape index (κ1) is 15.8. The van der Waals surface area contributed by atoms with Crippen LogP contribution in [0.5, 0.6) is 0 Å². The Labute approximate surface area is 127 Å². The third kappa shape index (κ3) is 5.05. The molecule has 4 nitrogen and oxygen atoms in total. The largest absolute Gasteiger partial charge is 0.370 e. The molecule has 1 heterocycles. The van der Waals surface area contributed by atoms with E-state index in [1.54, 1.807) is 0 Å². The molecule has 1 aliphatic rings. The van der Waals surface area contributed by atoms with Crippen LogP contribution < -0.4 is 15.5 Å². The summed E-state index contributed by atoms with van der Waals surface area (Å²) in [7, 11) is 0. The Bertz CT molecular complexity index is 453. The highest BCUT2D eigenvalue weighted by Gasteiger charge is 2.16. The van der Waals surface area contributed by atoms with Crippen molar-refractivity contribution in [3.63, 3.8) is 0 Å². The molecule has 116 valence electrons. The zero-order valence-electron chi connectivity index (χ0n) is 13.2. The minimum Gasteiger partial charge on any atom is -0.370 e. The van der Waals surface area contributed by atoms with E-state index in [-0.39, 0.29) is 5.91 Å². The molecule has 0 radical (unpaired) electrons. The van der Waals surface area contributed by atoms with Gasteiger partial charge in [0.1, 0.15) is 0 Å². The lowest BCUT2D eigenvalue weighted by atomic mass is 10.2. The molecule has 1 aromatic rings. The predicted molar refractivity (Wildman–Crippen MR) is 88.9 cm³/mol. The van der Waals surface area contributed by atoms with Gasteiger partial charge in [0.25, 0.3) is 0 Å². The second-order valence-electron chi connectivity index (χ2n) is 5.97. The fourth-order valence-corrected chi connectivity index (χ4v) is 2.67. The lowest BCUT2D eigenvalue weighted by molar-refractivity contribution is -0.116. The molecule has 0 saturated carbocycles. The number of nitrogens with one attached hydrogen (secondary N) is 2. The van der Waals surface area contributed by atoms with Crippen LogP contribution in [-0.4, -0.2) is 31.6 Å². The van der Waals surface area contributed by atoms with Crippen molar-refractivity contribution in [2.45, 2.75) is 45.6 Å². The summed E-state index contributed by atoms with van der Waals surface area (Å²) in [6, 6.07) is 8.59. The lowest BCUT2D eigenvalue weighted by Crippen LogP contribution is -2.25. The molecule has 0 aliphatic carbocycles. The number of amides is 1. The Morgan fingerprint density at radius 2 is 1.95 bits per heavy atom. The van der Waals surface area contributed by atoms with E-state index in [2.05, 4.69) is 35.4 Å². The van der Waals surface area contributed by atoms with Crippen molar-refractivity contribution < 1.29 is 4.79 Å². The Hall–Kier alpha value is -1.55. The molecule has 0 bridgehead atoms. The van der Waals surface area contributed by atoms with E-state index in [9.17, 15) is 4.79 Å². The minimum absolute atomic E-state index is 0.104. The lowest BCUT2D eigenvalue weighted by Gasteiger charge is -2.21. The number of anilines is 2. The molecule has 2 rings (SSSR count). The van der Waals surface area contributed by atoms with Crippen molar-refractivity contribution in [3.05, 3.63) is 24.3 Å². The number of carbonyl (C=O) groups excluding carboxylic acids is 1. The number of benzene rings is 1. The summed E-state index contributed by atoms with van der Waals surface area (Å²) in [5.74, 6) is 0.104. The maximum atomic E-state index is 12.1. The molecule has 1 saturated heterocycles. The van der Waals surface area contributed by atoms with Crippen LogP contribution in [0.25, 0.3) is 0 Å². The Balaban J connectivity index is 1.85. The maximum Gasteiger partial charge on any atom is 0.224 e. The van der Waals surface area contributed by atoms with E-state index < -0.39 is 0 Å². The van der Waals surface area contributed by atoms with Crippen LogP contribution in [0.2, 0.25) is 0 Å². The second kappa shape index (κ2) is 8.03. The Morgan fingerprint density at radius 3 is 2.67 bits per heavy atom. The van der Waals surface area contributed by atoms with Gasteiger partial charge in [-0.05, 0) is 37.9 Å². The normalized spacial score (nSPS) is 14.7. The number of nitrogens with zero attached hydrogens (tertiary/aromatic N) is 1. The van der Waals surface area contributed by atoms with Crippen LogP contribution in [0.4, 0.5) is 11.4 Å². The van der Waals surface area contributed by atoms with E-state index in [0.29, 0.717) is 12.5 Å². The van der Waals surface area contributed by atoms with E-state index >= 15 is 0 Å². The average Bonchev–Trinajstić information content (AvgIpc) is 2.98. The molecular weight excluding hydrogens is 262 g/mol. The third-order valence-electron chi connectivity index (χ3n) is 3.76. The van der Waals surface area contributed by atoms with Crippen molar-refractivity contribution in [2.24, 2.45) is 0 Å². The van der Waals surface area contributed by atoms with Gasteiger partial charge < -0.3 is 15.5 Å². The monoisotopic (exact) mass is 289 g/mol. The number of carbonyl (C=O) groups is 1. The van der Waals surface area contributed by atoms with Crippen molar-refractivity contribution in [1.29, 1.82) is 0 Å². The van der Waals surface area contributed by atoms with E-state index in [0.717, 1.165) is 37.4 Å². The molecule has 0 unspecified atom stereocenters. The van der Waals surface area contributed by atoms with Gasteiger partial charge in [0.15, 0.2) is 0 Å². The van der Waals surface area contributed by atoms with Gasteiger partial charge in [-0.25, -0.2) is 0 Å². The topological polar surface area (TPSA) is 44.4 Å². The summed E-state index contributed by atoms with van der Waals surface area (Å²) in [5, 5.41) is 6.40. The fraction of sp³-hybridized carbons (Fsp3) is 0.588. The molecule has 1 aliphatic heterocycles. The summed E-state index contributed by atoms with van der Waals surface area (Å²) in [6.45, 7) is 7.30. The molecule has 0 aromatic heterocycles. The van der Waals surface area contributed by atoms with Crippen molar-refractivity contribution in [2.75, 3.05) is 29.9 Å². The summed E-state index contributed by atoms with van der Waals surface area (Å²) in [5.41, 5.74) is 2.10. The molecule has 0 spiro atoms. The standard InChI is InChI=1S/C17H27N3O/c1-14(2)18-11-7-10-17(21)19-15-8-3-4-9-16(15)20-12-5-6-13-20/h3-4,8-9,14,18H,5-7,10-13H2,1-2H3,(H,19,21). The van der Waals surface area contributed by atoms with E-state index in [1.165, 1.54) is 12.8 Å². The van der Waals surface area contributed by atoms with Crippen LogP contribution in [-0.2, 0) is 4.79 Å². The van der Waals surface area contributed by atoms with Crippen LogP contribution >= 0.6 is 0 Å². The third-order valence-corrected chi connectivity index (χ3v) is 3.76.